The van der Waals surface area contributed by atoms with Crippen LogP contribution in [0.3, 0.4) is 0 Å². The van der Waals surface area contributed by atoms with E-state index in [2.05, 4.69) is 10.3 Å². The van der Waals surface area contributed by atoms with Gasteiger partial charge in [0.15, 0.2) is 0 Å². The third-order valence-corrected chi connectivity index (χ3v) is 6.66. The predicted octanol–water partition coefficient (Wildman–Crippen LogP) is 2.22. The minimum Gasteiger partial charge on any atom is -0.344 e. The first-order valence-electron chi connectivity index (χ1n) is 9.19. The first kappa shape index (κ1) is 14.6. The first-order valence-corrected chi connectivity index (χ1v) is 9.19. The molecule has 1 amide bonds. The lowest BCUT2D eigenvalue weighted by Crippen LogP contribution is -2.52. The Balaban J connectivity index is 1.47. The fraction of sp³-hybridized carbons (Fsp3) is 0.579. The number of amides is 1. The highest BCUT2D eigenvalue weighted by Gasteiger charge is 2.50. The molecule has 5 rings (SSSR count). The van der Waals surface area contributed by atoms with Crippen LogP contribution in [-0.2, 0) is 0 Å². The number of hydrogen-bond donors (Lipinski definition) is 1. The molecule has 0 saturated heterocycles. The minimum atomic E-state index is -0.0762. The second-order valence-electron chi connectivity index (χ2n) is 8.17. The van der Waals surface area contributed by atoms with Crippen LogP contribution in [0.5, 0.6) is 0 Å². The summed E-state index contributed by atoms with van der Waals surface area (Å²) in [5.41, 5.74) is 1.19. The van der Waals surface area contributed by atoms with Crippen LogP contribution in [0.25, 0.3) is 5.52 Å². The lowest BCUT2D eigenvalue weighted by atomic mass is 9.73. The van der Waals surface area contributed by atoms with Crippen molar-refractivity contribution in [1.29, 1.82) is 0 Å². The lowest BCUT2D eigenvalue weighted by Gasteiger charge is -2.40. The molecule has 5 heteroatoms. The number of fused-ring (bicyclic) bond motifs is 3. The molecular formula is C19H22BN3O. The topological polar surface area (TPSA) is 46.4 Å². The van der Waals surface area contributed by atoms with Crippen molar-refractivity contribution in [1.82, 2.24) is 14.7 Å². The molecule has 3 bridgehead atoms. The smallest absolute Gasteiger partial charge is 0.288 e. The monoisotopic (exact) mass is 319 g/mol. The number of imidazole rings is 1. The number of carbonyl (C=O) groups excluding carboxylic acids is 1. The zero-order valence-electron chi connectivity index (χ0n) is 13.9. The summed E-state index contributed by atoms with van der Waals surface area (Å²) in [6.45, 7) is 0. The zero-order chi connectivity index (χ0) is 16.3. The standard InChI is InChI=1S/C19H22BN3O/c20-16-15-5-1-2-7-23(15)17(21-16)18(24)22-19-6-3-4-13-8-12(10-19)9-14(13)11-19/h1-2,5,7,12-14H,3-4,6,8-11H2,(H,22,24). The van der Waals surface area contributed by atoms with E-state index in [1.54, 1.807) is 4.40 Å². The summed E-state index contributed by atoms with van der Waals surface area (Å²) in [6.07, 6.45) is 10.6. The largest absolute Gasteiger partial charge is 0.344 e. The summed E-state index contributed by atoms with van der Waals surface area (Å²) >= 11 is 0. The van der Waals surface area contributed by atoms with E-state index in [4.69, 9.17) is 7.85 Å². The van der Waals surface area contributed by atoms with Gasteiger partial charge in [0.25, 0.3) is 5.91 Å². The second kappa shape index (κ2) is 5.11. The summed E-state index contributed by atoms with van der Waals surface area (Å²) < 4.78 is 1.80. The van der Waals surface area contributed by atoms with E-state index < -0.39 is 0 Å². The van der Waals surface area contributed by atoms with Crippen molar-refractivity contribution in [2.75, 3.05) is 0 Å². The third kappa shape index (κ3) is 2.13. The summed E-state index contributed by atoms with van der Waals surface area (Å²) in [7, 11) is 5.99. The summed E-state index contributed by atoms with van der Waals surface area (Å²) in [6, 6.07) is 5.72. The number of carbonyl (C=O) groups is 1. The molecule has 2 radical (unpaired) electrons. The van der Waals surface area contributed by atoms with Crippen LogP contribution in [0.15, 0.2) is 24.4 Å². The van der Waals surface area contributed by atoms with E-state index in [9.17, 15) is 4.79 Å². The van der Waals surface area contributed by atoms with Crippen LogP contribution in [0.1, 0.15) is 55.6 Å². The Morgan fingerprint density at radius 2 is 2.17 bits per heavy atom. The molecule has 3 fully saturated rings. The molecule has 0 spiro atoms. The number of hydrogen-bond acceptors (Lipinski definition) is 2. The van der Waals surface area contributed by atoms with Gasteiger partial charge in [-0.05, 0) is 62.0 Å². The molecule has 0 aromatic carbocycles. The molecule has 1 N–H and O–H groups in total. The van der Waals surface area contributed by atoms with Gasteiger partial charge in [-0.15, -0.1) is 0 Å². The van der Waals surface area contributed by atoms with E-state index in [1.165, 1.54) is 25.7 Å². The maximum atomic E-state index is 13.0. The maximum absolute atomic E-state index is 13.0. The number of aromatic nitrogens is 2. The highest BCUT2D eigenvalue weighted by atomic mass is 16.2. The van der Waals surface area contributed by atoms with Gasteiger partial charge in [-0.25, -0.2) is 4.98 Å². The second-order valence-corrected chi connectivity index (χ2v) is 8.17. The molecule has 4 atom stereocenters. The van der Waals surface area contributed by atoms with Gasteiger partial charge in [-0.3, -0.25) is 9.20 Å². The van der Waals surface area contributed by atoms with Gasteiger partial charge in [-0.2, -0.15) is 0 Å². The van der Waals surface area contributed by atoms with Crippen molar-refractivity contribution < 1.29 is 4.79 Å². The third-order valence-electron chi connectivity index (χ3n) is 6.66. The van der Waals surface area contributed by atoms with Gasteiger partial charge in [0.1, 0.15) is 7.85 Å². The van der Waals surface area contributed by atoms with E-state index in [1.807, 2.05) is 24.4 Å². The Labute approximate surface area is 143 Å². The van der Waals surface area contributed by atoms with Crippen molar-refractivity contribution in [2.45, 2.75) is 50.5 Å². The van der Waals surface area contributed by atoms with Gasteiger partial charge in [0.05, 0.1) is 5.52 Å². The summed E-state index contributed by atoms with van der Waals surface area (Å²) in [5.74, 6) is 2.85. The Morgan fingerprint density at radius 3 is 3.08 bits per heavy atom. The molecule has 24 heavy (non-hydrogen) atoms. The molecule has 3 aliphatic carbocycles. The maximum Gasteiger partial charge on any atom is 0.288 e. The molecule has 2 aromatic heterocycles. The molecule has 3 saturated carbocycles. The minimum absolute atomic E-state index is 0.0225. The van der Waals surface area contributed by atoms with E-state index in [-0.39, 0.29) is 11.4 Å². The molecule has 3 aliphatic rings. The average molecular weight is 319 g/mol. The number of pyridine rings is 1. The SMILES string of the molecule is [B]c1nc(C(=O)NC23CCCC4CC(CC4C2)C3)n2ccccc12. The van der Waals surface area contributed by atoms with Crippen molar-refractivity contribution in [3.05, 3.63) is 30.2 Å². The van der Waals surface area contributed by atoms with Crippen LogP contribution in [0.2, 0.25) is 0 Å². The molecular weight excluding hydrogens is 297 g/mol. The highest BCUT2D eigenvalue weighted by Crippen LogP contribution is 2.55. The Kier molecular flexibility index (Phi) is 3.10. The molecule has 4 nitrogen and oxygen atoms in total. The molecule has 0 aliphatic heterocycles. The molecule has 2 aromatic rings. The molecule has 4 unspecified atom stereocenters. The van der Waals surface area contributed by atoms with Crippen molar-refractivity contribution in [3.8, 4) is 0 Å². The van der Waals surface area contributed by atoms with Crippen LogP contribution < -0.4 is 10.9 Å². The zero-order valence-corrected chi connectivity index (χ0v) is 13.9. The Bertz CT molecular complexity index is 816. The summed E-state index contributed by atoms with van der Waals surface area (Å²) in [5, 5.41) is 3.40. The van der Waals surface area contributed by atoms with Gasteiger partial charge in [-0.1, -0.05) is 18.9 Å². The predicted molar refractivity (Wildman–Crippen MR) is 93.6 cm³/mol. The fourth-order valence-electron chi connectivity index (χ4n) is 5.84. The van der Waals surface area contributed by atoms with Crippen LogP contribution in [-0.4, -0.2) is 28.7 Å². The van der Waals surface area contributed by atoms with Crippen LogP contribution in [0.4, 0.5) is 0 Å². The van der Waals surface area contributed by atoms with Gasteiger partial charge < -0.3 is 5.32 Å². The van der Waals surface area contributed by atoms with E-state index in [0.29, 0.717) is 11.4 Å². The molecule has 2 heterocycles. The van der Waals surface area contributed by atoms with Gasteiger partial charge in [0.2, 0.25) is 5.82 Å². The van der Waals surface area contributed by atoms with E-state index >= 15 is 0 Å². The number of nitrogens with one attached hydrogen (secondary N) is 1. The fourth-order valence-corrected chi connectivity index (χ4v) is 5.84. The number of rotatable bonds is 2. The quantitative estimate of drug-likeness (QED) is 0.863. The first-order chi connectivity index (χ1) is 11.6. The normalized spacial score (nSPS) is 34.4. The van der Waals surface area contributed by atoms with Gasteiger partial charge >= 0.3 is 0 Å². The van der Waals surface area contributed by atoms with Crippen molar-refractivity contribution >= 4 is 24.9 Å². The highest BCUT2D eigenvalue weighted by molar-refractivity contribution is 6.35. The van der Waals surface area contributed by atoms with Gasteiger partial charge in [0, 0.05) is 17.3 Å². The number of nitrogens with zero attached hydrogens (tertiary/aromatic N) is 2. The van der Waals surface area contributed by atoms with Crippen LogP contribution >= 0.6 is 0 Å². The van der Waals surface area contributed by atoms with Crippen LogP contribution in [0, 0.1) is 17.8 Å². The molecule has 122 valence electrons. The lowest BCUT2D eigenvalue weighted by molar-refractivity contribution is 0.0813. The Hall–Kier alpha value is -1.78. The Morgan fingerprint density at radius 1 is 1.29 bits per heavy atom. The van der Waals surface area contributed by atoms with E-state index in [0.717, 1.165) is 42.5 Å². The van der Waals surface area contributed by atoms with Crippen molar-refractivity contribution in [2.24, 2.45) is 17.8 Å². The summed E-state index contributed by atoms with van der Waals surface area (Å²) in [4.78, 5) is 17.4. The van der Waals surface area contributed by atoms with Crippen molar-refractivity contribution in [3.63, 3.8) is 0 Å². The average Bonchev–Trinajstić information content (AvgIpc) is 3.01.